The number of hydrogen-bond donors (Lipinski definition) is 1. The van der Waals surface area contributed by atoms with Crippen molar-refractivity contribution in [3.05, 3.63) is 63.0 Å². The maximum absolute atomic E-state index is 13.3. The second kappa shape index (κ2) is 10.3. The minimum Gasteiger partial charge on any atom is -0.355 e. The van der Waals surface area contributed by atoms with Gasteiger partial charge in [0, 0.05) is 19.6 Å². The molecule has 0 unspecified atom stereocenters. The fourth-order valence-corrected chi connectivity index (χ4v) is 5.49. The van der Waals surface area contributed by atoms with Gasteiger partial charge in [-0.1, -0.05) is 37.3 Å². The smallest absolute Gasteiger partial charge is 0.264 e. The third-order valence-electron chi connectivity index (χ3n) is 6.27. The van der Waals surface area contributed by atoms with Crippen LogP contribution in [0.3, 0.4) is 0 Å². The largest absolute Gasteiger partial charge is 0.355 e. The van der Waals surface area contributed by atoms with Crippen molar-refractivity contribution in [2.24, 2.45) is 5.92 Å². The van der Waals surface area contributed by atoms with E-state index in [2.05, 4.69) is 34.6 Å². The number of nitrogens with one attached hydrogen (secondary N) is 1. The van der Waals surface area contributed by atoms with Gasteiger partial charge >= 0.3 is 0 Å². The van der Waals surface area contributed by atoms with Crippen molar-refractivity contribution >= 4 is 33.4 Å². The van der Waals surface area contributed by atoms with Gasteiger partial charge in [-0.2, -0.15) is 0 Å². The Hall–Kier alpha value is -3.00. The lowest BCUT2D eigenvalue weighted by Crippen LogP contribution is -2.38. The minimum absolute atomic E-state index is 0.0275. The van der Waals surface area contributed by atoms with Crippen molar-refractivity contribution in [1.82, 2.24) is 19.8 Å². The first-order valence-electron chi connectivity index (χ1n) is 11.6. The van der Waals surface area contributed by atoms with E-state index in [4.69, 9.17) is 0 Å². The van der Waals surface area contributed by atoms with Gasteiger partial charge in [0.2, 0.25) is 5.91 Å². The minimum atomic E-state index is -0.277. The number of fused-ring (bicyclic) bond motifs is 1. The second-order valence-electron chi connectivity index (χ2n) is 8.69. The standard InChI is InChI=1S/C25H30N4O3S/c1-3-11-26-20(30)15-29-16-27-23-21(24(29)31)17(2)22(33-23)25(32)28-12-9-19(10-13-28)14-18-7-5-4-6-8-18/h4-8,16,19H,3,9-15H2,1-2H3,(H,26,30). The van der Waals surface area contributed by atoms with Crippen LogP contribution in [0.5, 0.6) is 0 Å². The lowest BCUT2D eigenvalue weighted by atomic mass is 9.90. The van der Waals surface area contributed by atoms with Crippen molar-refractivity contribution in [3.8, 4) is 0 Å². The summed E-state index contributed by atoms with van der Waals surface area (Å²) in [5.74, 6) is 0.329. The predicted molar refractivity (Wildman–Crippen MR) is 131 cm³/mol. The summed E-state index contributed by atoms with van der Waals surface area (Å²) in [7, 11) is 0. The molecule has 174 valence electrons. The molecular weight excluding hydrogens is 436 g/mol. The number of nitrogens with zero attached hydrogens (tertiary/aromatic N) is 3. The van der Waals surface area contributed by atoms with Gasteiger partial charge in [0.05, 0.1) is 16.6 Å². The van der Waals surface area contributed by atoms with Crippen LogP contribution in [0, 0.1) is 12.8 Å². The Morgan fingerprint density at radius 1 is 1.18 bits per heavy atom. The molecule has 2 aromatic heterocycles. The van der Waals surface area contributed by atoms with Gasteiger partial charge in [0.1, 0.15) is 11.4 Å². The molecule has 1 aromatic carbocycles. The van der Waals surface area contributed by atoms with Crippen LogP contribution in [0.4, 0.5) is 0 Å². The molecule has 7 nitrogen and oxygen atoms in total. The Kier molecular flexibility index (Phi) is 7.23. The summed E-state index contributed by atoms with van der Waals surface area (Å²) in [6.45, 7) is 5.72. The summed E-state index contributed by atoms with van der Waals surface area (Å²) in [5.41, 5.74) is 1.72. The van der Waals surface area contributed by atoms with Crippen molar-refractivity contribution in [2.45, 2.75) is 46.1 Å². The first kappa shape index (κ1) is 23.2. The molecule has 0 bridgehead atoms. The van der Waals surface area contributed by atoms with Crippen molar-refractivity contribution in [3.63, 3.8) is 0 Å². The van der Waals surface area contributed by atoms with Gasteiger partial charge < -0.3 is 10.2 Å². The van der Waals surface area contributed by atoms with Crippen LogP contribution in [-0.2, 0) is 17.8 Å². The normalized spacial score (nSPS) is 14.5. The molecule has 1 aliphatic heterocycles. The molecule has 0 atom stereocenters. The number of thiophene rings is 1. The third kappa shape index (κ3) is 5.16. The summed E-state index contributed by atoms with van der Waals surface area (Å²) in [6, 6.07) is 10.5. The zero-order valence-corrected chi connectivity index (χ0v) is 20.0. The number of benzene rings is 1. The fraction of sp³-hybridized carbons (Fsp3) is 0.440. The molecule has 3 heterocycles. The number of carbonyl (C=O) groups excluding carboxylic acids is 2. The highest BCUT2D eigenvalue weighted by molar-refractivity contribution is 7.20. The Bertz CT molecular complexity index is 1190. The highest BCUT2D eigenvalue weighted by Crippen LogP contribution is 2.30. The molecule has 1 N–H and O–H groups in total. The van der Waals surface area contributed by atoms with E-state index >= 15 is 0 Å². The Labute approximate surface area is 197 Å². The van der Waals surface area contributed by atoms with Crippen molar-refractivity contribution < 1.29 is 9.59 Å². The average molecular weight is 467 g/mol. The summed E-state index contributed by atoms with van der Waals surface area (Å²) in [4.78, 5) is 45.7. The zero-order chi connectivity index (χ0) is 23.4. The van der Waals surface area contributed by atoms with Gasteiger partial charge in [0.15, 0.2) is 0 Å². The second-order valence-corrected chi connectivity index (χ2v) is 9.69. The summed E-state index contributed by atoms with van der Waals surface area (Å²) in [5, 5.41) is 3.21. The van der Waals surface area contributed by atoms with E-state index in [1.165, 1.54) is 27.8 Å². The predicted octanol–water partition coefficient (Wildman–Crippen LogP) is 3.39. The van der Waals surface area contributed by atoms with Crippen LogP contribution < -0.4 is 10.9 Å². The molecule has 3 aromatic rings. The maximum atomic E-state index is 13.3. The lowest BCUT2D eigenvalue weighted by Gasteiger charge is -2.32. The van der Waals surface area contributed by atoms with Crippen molar-refractivity contribution in [1.29, 1.82) is 0 Å². The van der Waals surface area contributed by atoms with Gasteiger partial charge in [-0.15, -0.1) is 11.3 Å². The van der Waals surface area contributed by atoms with E-state index in [0.29, 0.717) is 33.1 Å². The van der Waals surface area contributed by atoms with Gasteiger partial charge in [-0.3, -0.25) is 19.0 Å². The number of amides is 2. The SMILES string of the molecule is CCCNC(=O)Cn1cnc2sc(C(=O)N3CCC(Cc4ccccc4)CC3)c(C)c2c1=O. The number of aryl methyl sites for hydroxylation is 1. The van der Waals surface area contributed by atoms with E-state index < -0.39 is 0 Å². The molecule has 0 spiro atoms. The Morgan fingerprint density at radius 3 is 2.61 bits per heavy atom. The number of likely N-dealkylation sites (tertiary alicyclic amines) is 1. The van der Waals surface area contributed by atoms with Crippen LogP contribution in [0.15, 0.2) is 41.5 Å². The maximum Gasteiger partial charge on any atom is 0.264 e. The van der Waals surface area contributed by atoms with Crippen LogP contribution in [0.1, 0.15) is 47.0 Å². The molecule has 1 aliphatic rings. The van der Waals surface area contributed by atoms with Crippen LogP contribution in [-0.4, -0.2) is 45.9 Å². The Balaban J connectivity index is 1.46. The van der Waals surface area contributed by atoms with E-state index in [9.17, 15) is 14.4 Å². The van der Waals surface area contributed by atoms with E-state index in [1.54, 1.807) is 6.92 Å². The highest BCUT2D eigenvalue weighted by Gasteiger charge is 2.27. The highest BCUT2D eigenvalue weighted by atomic mass is 32.1. The number of piperidine rings is 1. The lowest BCUT2D eigenvalue weighted by molar-refractivity contribution is -0.121. The number of hydrogen-bond acceptors (Lipinski definition) is 5. The molecule has 0 radical (unpaired) electrons. The monoisotopic (exact) mass is 466 g/mol. The molecule has 33 heavy (non-hydrogen) atoms. The summed E-state index contributed by atoms with van der Waals surface area (Å²) in [6.07, 6.45) is 5.22. The molecule has 1 fully saturated rings. The molecular formula is C25H30N4O3S. The van der Waals surface area contributed by atoms with Crippen LogP contribution in [0.25, 0.3) is 10.2 Å². The van der Waals surface area contributed by atoms with E-state index in [0.717, 1.165) is 38.8 Å². The topological polar surface area (TPSA) is 84.3 Å². The molecule has 1 saturated heterocycles. The Morgan fingerprint density at radius 2 is 1.91 bits per heavy atom. The molecule has 4 rings (SSSR count). The third-order valence-corrected chi connectivity index (χ3v) is 7.45. The van der Waals surface area contributed by atoms with E-state index in [-0.39, 0.29) is 23.9 Å². The molecule has 0 saturated carbocycles. The van der Waals surface area contributed by atoms with Gasteiger partial charge in [0.25, 0.3) is 11.5 Å². The summed E-state index contributed by atoms with van der Waals surface area (Å²) >= 11 is 1.27. The first-order valence-corrected chi connectivity index (χ1v) is 12.4. The number of rotatable bonds is 7. The molecule has 0 aliphatic carbocycles. The molecule has 2 amide bonds. The van der Waals surface area contributed by atoms with Crippen LogP contribution >= 0.6 is 11.3 Å². The molecule has 8 heteroatoms. The zero-order valence-electron chi connectivity index (χ0n) is 19.2. The van der Waals surface area contributed by atoms with Crippen molar-refractivity contribution in [2.75, 3.05) is 19.6 Å². The average Bonchev–Trinajstić information content (AvgIpc) is 3.17. The summed E-state index contributed by atoms with van der Waals surface area (Å²) < 4.78 is 1.32. The first-order chi connectivity index (χ1) is 16.0. The van der Waals surface area contributed by atoms with Gasteiger partial charge in [-0.25, -0.2) is 4.98 Å². The van der Waals surface area contributed by atoms with E-state index in [1.807, 2.05) is 17.9 Å². The van der Waals surface area contributed by atoms with Gasteiger partial charge in [-0.05, 0) is 49.7 Å². The number of aromatic nitrogens is 2. The quantitative estimate of drug-likeness (QED) is 0.579. The number of carbonyl (C=O) groups is 2. The van der Waals surface area contributed by atoms with Crippen LogP contribution in [0.2, 0.25) is 0 Å². The fourth-order valence-electron chi connectivity index (χ4n) is 4.38.